The van der Waals surface area contributed by atoms with E-state index in [0.717, 1.165) is 21.7 Å². The second-order valence-corrected chi connectivity index (χ2v) is 14.6. The first-order valence-electron chi connectivity index (χ1n) is 16.1. The molecular formula is C36H48N4O5S. The number of anilines is 1. The molecule has 1 aliphatic carbocycles. The highest BCUT2D eigenvalue weighted by Gasteiger charge is 2.27. The zero-order chi connectivity index (χ0) is 33.3. The van der Waals surface area contributed by atoms with Crippen molar-refractivity contribution in [1.82, 2.24) is 16.0 Å². The van der Waals surface area contributed by atoms with Crippen LogP contribution in [0.25, 0.3) is 0 Å². The predicted molar refractivity (Wildman–Crippen MR) is 183 cm³/mol. The number of hydrogen-bond donors (Lipinski definition) is 4. The van der Waals surface area contributed by atoms with Gasteiger partial charge in [0.2, 0.25) is 10.0 Å². The van der Waals surface area contributed by atoms with Crippen LogP contribution in [0.4, 0.5) is 5.69 Å². The van der Waals surface area contributed by atoms with Gasteiger partial charge < -0.3 is 21.1 Å². The molecule has 0 spiro atoms. The lowest BCUT2D eigenvalue weighted by molar-refractivity contribution is 0.0817. The van der Waals surface area contributed by atoms with Gasteiger partial charge in [-0.3, -0.25) is 13.9 Å². The summed E-state index contributed by atoms with van der Waals surface area (Å²) >= 11 is 0. The molecule has 0 aromatic heterocycles. The van der Waals surface area contributed by atoms with Gasteiger partial charge in [-0.1, -0.05) is 79.9 Å². The van der Waals surface area contributed by atoms with Crippen LogP contribution >= 0.6 is 0 Å². The minimum Gasteiger partial charge on any atom is -0.390 e. The van der Waals surface area contributed by atoms with Crippen molar-refractivity contribution in [3.8, 4) is 0 Å². The van der Waals surface area contributed by atoms with Crippen molar-refractivity contribution in [3.63, 3.8) is 0 Å². The quantitative estimate of drug-likeness (QED) is 0.198. The smallest absolute Gasteiger partial charge is 0.251 e. The van der Waals surface area contributed by atoms with E-state index < -0.39 is 34.0 Å². The Labute approximate surface area is 273 Å². The maximum atomic E-state index is 13.8. The fourth-order valence-corrected chi connectivity index (χ4v) is 6.49. The Balaban J connectivity index is 1.58. The third-order valence-electron chi connectivity index (χ3n) is 9.04. The number of sulfonamides is 1. The number of rotatable bonds is 14. The average molecular weight is 649 g/mol. The van der Waals surface area contributed by atoms with Gasteiger partial charge in [-0.05, 0) is 68.4 Å². The van der Waals surface area contributed by atoms with Gasteiger partial charge in [0.25, 0.3) is 11.8 Å². The van der Waals surface area contributed by atoms with Gasteiger partial charge in [-0.25, -0.2) is 8.42 Å². The molecule has 3 aromatic rings. The second kappa shape index (κ2) is 16.2. The molecule has 2 amide bonds. The topological polar surface area (TPSA) is 128 Å². The molecule has 1 saturated carbocycles. The van der Waals surface area contributed by atoms with Crippen LogP contribution in [0.15, 0.2) is 78.9 Å². The van der Waals surface area contributed by atoms with E-state index in [4.69, 9.17) is 0 Å². The molecule has 4 atom stereocenters. The number of nitrogens with one attached hydrogen (secondary N) is 3. The lowest BCUT2D eigenvalue weighted by Gasteiger charge is -2.31. The lowest BCUT2D eigenvalue weighted by Crippen LogP contribution is -2.50. The van der Waals surface area contributed by atoms with Crippen molar-refractivity contribution in [2.75, 3.05) is 24.2 Å². The highest BCUT2D eigenvalue weighted by molar-refractivity contribution is 7.92. The second-order valence-electron chi connectivity index (χ2n) is 12.5. The van der Waals surface area contributed by atoms with Crippen LogP contribution < -0.4 is 20.3 Å². The Hall–Kier alpha value is -3.73. The number of aliphatic hydroxyl groups excluding tert-OH is 1. The molecule has 0 heterocycles. The van der Waals surface area contributed by atoms with Gasteiger partial charge in [0, 0.05) is 30.8 Å². The molecule has 10 heteroatoms. The Bertz CT molecular complexity index is 1550. The number of hydrogen-bond acceptors (Lipinski definition) is 6. The average Bonchev–Trinajstić information content (AvgIpc) is 3.06. The van der Waals surface area contributed by atoms with Crippen LogP contribution in [0.1, 0.15) is 83.8 Å². The molecule has 0 saturated heterocycles. The third kappa shape index (κ3) is 9.88. The van der Waals surface area contributed by atoms with Crippen LogP contribution in [-0.4, -0.2) is 63.4 Å². The van der Waals surface area contributed by atoms with Crippen molar-refractivity contribution >= 4 is 27.5 Å². The summed E-state index contributed by atoms with van der Waals surface area (Å²) in [5.41, 5.74) is 2.29. The first kappa shape index (κ1) is 35.1. The molecule has 0 bridgehead atoms. The fourth-order valence-electron chi connectivity index (χ4n) is 6.00. The van der Waals surface area contributed by atoms with Crippen molar-refractivity contribution < 1.29 is 23.1 Å². The zero-order valence-electron chi connectivity index (χ0n) is 27.3. The van der Waals surface area contributed by atoms with Gasteiger partial charge >= 0.3 is 0 Å². The summed E-state index contributed by atoms with van der Waals surface area (Å²) < 4.78 is 25.9. The normalized spacial score (nSPS) is 16.5. The van der Waals surface area contributed by atoms with E-state index in [1.807, 2.05) is 67.6 Å². The van der Waals surface area contributed by atoms with E-state index in [9.17, 15) is 23.1 Å². The Morgan fingerprint density at radius 3 is 2.02 bits per heavy atom. The van der Waals surface area contributed by atoms with Gasteiger partial charge in [0.1, 0.15) is 0 Å². The minimum absolute atomic E-state index is 0.110. The highest BCUT2D eigenvalue weighted by Crippen LogP contribution is 2.26. The molecule has 3 aromatic carbocycles. The van der Waals surface area contributed by atoms with Crippen LogP contribution in [0.5, 0.6) is 0 Å². The molecule has 0 aliphatic heterocycles. The first-order valence-corrected chi connectivity index (χ1v) is 18.0. The maximum absolute atomic E-state index is 13.8. The van der Waals surface area contributed by atoms with Gasteiger partial charge in [0.05, 0.1) is 30.1 Å². The molecular weight excluding hydrogens is 600 g/mol. The third-order valence-corrected chi connectivity index (χ3v) is 10.2. The van der Waals surface area contributed by atoms with Crippen LogP contribution in [0.3, 0.4) is 0 Å². The van der Waals surface area contributed by atoms with Crippen molar-refractivity contribution in [2.24, 2.45) is 5.92 Å². The van der Waals surface area contributed by atoms with Crippen molar-refractivity contribution in [3.05, 3.63) is 101 Å². The van der Waals surface area contributed by atoms with Crippen LogP contribution in [-0.2, 0) is 16.4 Å². The van der Waals surface area contributed by atoms with E-state index in [2.05, 4.69) is 22.9 Å². The summed E-state index contributed by atoms with van der Waals surface area (Å²) in [6.45, 7) is 4.31. The minimum atomic E-state index is -3.69. The van der Waals surface area contributed by atoms with Crippen molar-refractivity contribution in [2.45, 2.75) is 76.6 Å². The highest BCUT2D eigenvalue weighted by atomic mass is 32.2. The summed E-state index contributed by atoms with van der Waals surface area (Å²) in [6, 6.07) is 22.7. The molecule has 1 aliphatic rings. The monoisotopic (exact) mass is 648 g/mol. The summed E-state index contributed by atoms with van der Waals surface area (Å²) in [4.78, 5) is 27.3. The molecule has 4 rings (SSSR count). The van der Waals surface area contributed by atoms with Gasteiger partial charge in [-0.15, -0.1) is 0 Å². The van der Waals surface area contributed by atoms with Crippen molar-refractivity contribution in [1.29, 1.82) is 0 Å². The van der Waals surface area contributed by atoms with E-state index >= 15 is 0 Å². The summed E-state index contributed by atoms with van der Waals surface area (Å²) in [5, 5.41) is 20.8. The maximum Gasteiger partial charge on any atom is 0.251 e. The fraction of sp³-hybridized carbons (Fsp3) is 0.444. The van der Waals surface area contributed by atoms with Gasteiger partial charge in [0.15, 0.2) is 0 Å². The van der Waals surface area contributed by atoms with E-state index in [1.165, 1.54) is 57.4 Å². The summed E-state index contributed by atoms with van der Waals surface area (Å²) in [5.74, 6) is -0.406. The summed E-state index contributed by atoms with van der Waals surface area (Å²) in [6.07, 6.45) is 6.62. The van der Waals surface area contributed by atoms with E-state index in [0.29, 0.717) is 18.9 Å². The SMILES string of the molecule is CC(NC(=O)c1cc(C(=O)NC(Cc2ccccc2)C(O)CNC(C)C2CCCCC2)cc(N(C)S(C)(=O)=O)c1)c1ccccc1. The van der Waals surface area contributed by atoms with Crippen LogP contribution in [0, 0.1) is 5.92 Å². The molecule has 46 heavy (non-hydrogen) atoms. The summed E-state index contributed by atoms with van der Waals surface area (Å²) in [7, 11) is -2.31. The molecule has 9 nitrogen and oxygen atoms in total. The van der Waals surface area contributed by atoms with Gasteiger partial charge in [-0.2, -0.15) is 0 Å². The molecule has 4 unspecified atom stereocenters. The largest absolute Gasteiger partial charge is 0.390 e. The number of carbonyl (C=O) groups excluding carboxylic acids is 2. The number of amides is 2. The zero-order valence-corrected chi connectivity index (χ0v) is 28.1. The predicted octanol–water partition coefficient (Wildman–Crippen LogP) is 4.83. The lowest BCUT2D eigenvalue weighted by atomic mass is 9.84. The standard InChI is InChI=1S/C36H48N4O5S/c1-25(28-16-10-6-11-17-28)37-24-34(41)33(20-27-14-8-5-9-15-27)39-36(43)31-21-30(22-32(23-31)40(3)46(4,44)45)35(42)38-26(2)29-18-12-7-13-19-29/h5,7-9,12-15,18-19,21-23,25-26,28,33-34,37,41H,6,10-11,16-17,20,24H2,1-4H3,(H,38,42)(H,39,43). The molecule has 0 radical (unpaired) electrons. The molecule has 1 fully saturated rings. The Morgan fingerprint density at radius 2 is 1.43 bits per heavy atom. The Morgan fingerprint density at radius 1 is 0.870 bits per heavy atom. The number of benzene rings is 3. The molecule has 248 valence electrons. The number of nitrogens with zero attached hydrogens (tertiary/aromatic N) is 1. The first-order chi connectivity index (χ1) is 21.9. The number of carbonyl (C=O) groups is 2. The number of aliphatic hydroxyl groups is 1. The van der Waals surface area contributed by atoms with E-state index in [1.54, 1.807) is 0 Å². The Kier molecular flexibility index (Phi) is 12.4. The molecule has 4 N–H and O–H groups in total. The van der Waals surface area contributed by atoms with E-state index in [-0.39, 0.29) is 28.9 Å². The van der Waals surface area contributed by atoms with Crippen LogP contribution in [0.2, 0.25) is 0 Å².